The monoisotopic (exact) mass is 464 g/mol. The Labute approximate surface area is 200 Å². The normalized spacial score (nSPS) is 13.8. The van der Waals surface area contributed by atoms with Crippen LogP contribution in [0.4, 0.5) is 5.69 Å². The average molecular weight is 465 g/mol. The summed E-state index contributed by atoms with van der Waals surface area (Å²) in [6.07, 6.45) is 2.54. The van der Waals surface area contributed by atoms with Gasteiger partial charge in [0.15, 0.2) is 0 Å². The molecule has 0 unspecified atom stereocenters. The van der Waals surface area contributed by atoms with Crippen LogP contribution in [-0.4, -0.2) is 42.2 Å². The number of halogens is 1. The number of carbonyl (C=O) groups excluding carboxylic acids is 1. The van der Waals surface area contributed by atoms with Crippen LogP contribution in [0.3, 0.4) is 0 Å². The summed E-state index contributed by atoms with van der Waals surface area (Å²) in [7, 11) is 0. The highest BCUT2D eigenvalue weighted by molar-refractivity contribution is 6.31. The van der Waals surface area contributed by atoms with Crippen LogP contribution in [-0.2, 0) is 6.54 Å². The van der Waals surface area contributed by atoms with Crippen molar-refractivity contribution < 1.29 is 14.6 Å². The molecule has 5 nitrogen and oxygen atoms in total. The van der Waals surface area contributed by atoms with Gasteiger partial charge in [0, 0.05) is 22.8 Å². The molecule has 1 aliphatic heterocycles. The molecule has 0 atom stereocenters. The highest BCUT2D eigenvalue weighted by atomic mass is 35.5. The molecule has 1 heterocycles. The first-order valence-electron chi connectivity index (χ1n) is 11.3. The van der Waals surface area contributed by atoms with E-state index in [4.69, 9.17) is 16.3 Å². The number of phenols is 1. The molecule has 0 bridgehead atoms. The Bertz CT molecular complexity index is 1090. The molecule has 0 aliphatic carbocycles. The number of amides is 1. The predicted octanol–water partition coefficient (Wildman–Crippen LogP) is 5.68. The molecular formula is C27H29ClN2O3. The van der Waals surface area contributed by atoms with E-state index < -0.39 is 0 Å². The lowest BCUT2D eigenvalue weighted by molar-refractivity contribution is 0.0985. The fraction of sp³-hybridized carbons (Fsp3) is 0.296. The first kappa shape index (κ1) is 23.1. The molecule has 6 heteroatoms. The Morgan fingerprint density at radius 3 is 2.52 bits per heavy atom. The van der Waals surface area contributed by atoms with Gasteiger partial charge in [0.1, 0.15) is 18.1 Å². The molecule has 1 amide bonds. The lowest BCUT2D eigenvalue weighted by Crippen LogP contribution is -2.30. The summed E-state index contributed by atoms with van der Waals surface area (Å²) in [5, 5.41) is 10.1. The fourth-order valence-electron chi connectivity index (χ4n) is 4.07. The third-order valence-corrected chi connectivity index (χ3v) is 6.25. The number of hydrogen-bond acceptors (Lipinski definition) is 4. The maximum Gasteiger partial charge on any atom is 0.258 e. The molecule has 0 aromatic heterocycles. The van der Waals surface area contributed by atoms with Crippen LogP contribution in [0.1, 0.15) is 34.3 Å². The van der Waals surface area contributed by atoms with Crippen LogP contribution in [0.2, 0.25) is 5.02 Å². The SMILES string of the molecule is Cc1cccc(C(=O)N(Cc2ccc(O)cc2Cl)c2ccc(OCCN3CCCC3)cc2)c1. The van der Waals surface area contributed by atoms with E-state index in [1.807, 2.05) is 55.5 Å². The number of anilines is 1. The Balaban J connectivity index is 1.53. The molecule has 33 heavy (non-hydrogen) atoms. The van der Waals surface area contributed by atoms with Crippen molar-refractivity contribution >= 4 is 23.2 Å². The highest BCUT2D eigenvalue weighted by Crippen LogP contribution is 2.28. The Morgan fingerprint density at radius 2 is 1.82 bits per heavy atom. The summed E-state index contributed by atoms with van der Waals surface area (Å²) in [6.45, 7) is 6.12. The quantitative estimate of drug-likeness (QED) is 0.466. The van der Waals surface area contributed by atoms with Gasteiger partial charge in [0.05, 0.1) is 6.54 Å². The van der Waals surface area contributed by atoms with Crippen LogP contribution >= 0.6 is 11.6 Å². The third-order valence-electron chi connectivity index (χ3n) is 5.90. The summed E-state index contributed by atoms with van der Waals surface area (Å²) in [4.78, 5) is 17.6. The summed E-state index contributed by atoms with van der Waals surface area (Å²) < 4.78 is 5.92. The van der Waals surface area contributed by atoms with Gasteiger partial charge >= 0.3 is 0 Å². The largest absolute Gasteiger partial charge is 0.508 e. The lowest BCUT2D eigenvalue weighted by atomic mass is 10.1. The van der Waals surface area contributed by atoms with Crippen molar-refractivity contribution in [3.8, 4) is 11.5 Å². The number of benzene rings is 3. The van der Waals surface area contributed by atoms with Gasteiger partial charge in [-0.15, -0.1) is 0 Å². The van der Waals surface area contributed by atoms with Gasteiger partial charge in [-0.2, -0.15) is 0 Å². The zero-order valence-corrected chi connectivity index (χ0v) is 19.6. The van der Waals surface area contributed by atoms with Gasteiger partial charge in [0.25, 0.3) is 5.91 Å². The first-order chi connectivity index (χ1) is 16.0. The number of hydrogen-bond donors (Lipinski definition) is 1. The van der Waals surface area contributed by atoms with Crippen molar-refractivity contribution in [3.63, 3.8) is 0 Å². The van der Waals surface area contributed by atoms with E-state index in [9.17, 15) is 9.90 Å². The van der Waals surface area contributed by atoms with Crippen LogP contribution in [0, 0.1) is 6.92 Å². The molecule has 0 spiro atoms. The zero-order chi connectivity index (χ0) is 23.2. The van der Waals surface area contributed by atoms with Crippen LogP contribution in [0.5, 0.6) is 11.5 Å². The van der Waals surface area contributed by atoms with E-state index in [1.165, 1.54) is 18.9 Å². The minimum atomic E-state index is -0.120. The number of aryl methyl sites for hydroxylation is 1. The van der Waals surface area contributed by atoms with Crippen LogP contribution in [0.25, 0.3) is 0 Å². The number of likely N-dealkylation sites (tertiary alicyclic amines) is 1. The predicted molar refractivity (Wildman–Crippen MR) is 132 cm³/mol. The fourth-order valence-corrected chi connectivity index (χ4v) is 4.30. The number of phenolic OH excluding ortho intramolecular Hbond substituents is 1. The van der Waals surface area contributed by atoms with Crippen LogP contribution in [0.15, 0.2) is 66.7 Å². The molecule has 3 aromatic rings. The van der Waals surface area contributed by atoms with E-state index in [0.29, 0.717) is 17.2 Å². The van der Waals surface area contributed by atoms with Crippen molar-refractivity contribution in [3.05, 3.63) is 88.4 Å². The molecule has 1 aliphatic rings. The maximum absolute atomic E-state index is 13.5. The van der Waals surface area contributed by atoms with Gasteiger partial charge in [-0.1, -0.05) is 35.4 Å². The highest BCUT2D eigenvalue weighted by Gasteiger charge is 2.20. The zero-order valence-electron chi connectivity index (χ0n) is 18.8. The second kappa shape index (κ2) is 10.7. The Morgan fingerprint density at radius 1 is 1.06 bits per heavy atom. The molecule has 4 rings (SSSR count). The van der Waals surface area contributed by atoms with Crippen molar-refractivity contribution in [2.45, 2.75) is 26.3 Å². The second-order valence-electron chi connectivity index (χ2n) is 8.43. The van der Waals surface area contributed by atoms with Gasteiger partial charge in [-0.3, -0.25) is 9.69 Å². The van der Waals surface area contributed by atoms with Gasteiger partial charge in [0.2, 0.25) is 0 Å². The maximum atomic E-state index is 13.5. The molecule has 172 valence electrons. The first-order valence-corrected chi connectivity index (χ1v) is 11.7. The third kappa shape index (κ3) is 6.06. The van der Waals surface area contributed by atoms with E-state index in [1.54, 1.807) is 17.0 Å². The van der Waals surface area contributed by atoms with Crippen molar-refractivity contribution in [2.24, 2.45) is 0 Å². The number of carbonyl (C=O) groups is 1. The molecule has 1 saturated heterocycles. The minimum Gasteiger partial charge on any atom is -0.508 e. The van der Waals surface area contributed by atoms with Crippen molar-refractivity contribution in [1.82, 2.24) is 4.90 Å². The van der Waals surface area contributed by atoms with E-state index in [0.717, 1.165) is 42.2 Å². The smallest absolute Gasteiger partial charge is 0.258 e. The van der Waals surface area contributed by atoms with Gasteiger partial charge < -0.3 is 14.7 Å². The number of rotatable bonds is 8. The summed E-state index contributed by atoms with van der Waals surface area (Å²) >= 11 is 6.35. The van der Waals surface area contributed by atoms with Gasteiger partial charge in [-0.05, 0) is 86.9 Å². The molecular weight excluding hydrogens is 436 g/mol. The number of ether oxygens (including phenoxy) is 1. The average Bonchev–Trinajstić information content (AvgIpc) is 3.32. The summed E-state index contributed by atoms with van der Waals surface area (Å²) in [6, 6.07) is 19.9. The number of aromatic hydroxyl groups is 1. The van der Waals surface area contributed by atoms with Gasteiger partial charge in [-0.25, -0.2) is 0 Å². The molecule has 0 radical (unpaired) electrons. The summed E-state index contributed by atoms with van der Waals surface area (Å²) in [5.74, 6) is 0.754. The van der Waals surface area contributed by atoms with Crippen molar-refractivity contribution in [1.29, 1.82) is 0 Å². The molecule has 1 fully saturated rings. The number of nitrogens with zero attached hydrogens (tertiary/aromatic N) is 2. The van der Waals surface area contributed by atoms with E-state index in [-0.39, 0.29) is 18.2 Å². The van der Waals surface area contributed by atoms with E-state index in [2.05, 4.69) is 4.90 Å². The lowest BCUT2D eigenvalue weighted by Gasteiger charge is -2.24. The minimum absolute atomic E-state index is 0.0933. The standard InChI is InChI=1S/C27H29ClN2O3/c1-20-5-4-6-21(17-20)27(32)30(19-22-7-10-24(31)18-26(22)28)23-8-11-25(12-9-23)33-16-15-29-13-2-3-14-29/h4-12,17-18,31H,2-3,13-16,19H2,1H3. The molecule has 1 N–H and O–H groups in total. The summed E-state index contributed by atoms with van der Waals surface area (Å²) in [5.41, 5.74) is 3.13. The second-order valence-corrected chi connectivity index (χ2v) is 8.83. The van der Waals surface area contributed by atoms with E-state index >= 15 is 0 Å². The van der Waals surface area contributed by atoms with Crippen molar-refractivity contribution in [2.75, 3.05) is 31.1 Å². The Kier molecular flexibility index (Phi) is 7.53. The Hall–Kier alpha value is -3.02. The topological polar surface area (TPSA) is 53.0 Å². The van der Waals surface area contributed by atoms with Crippen LogP contribution < -0.4 is 9.64 Å². The molecule has 0 saturated carbocycles. The molecule has 3 aromatic carbocycles.